The van der Waals surface area contributed by atoms with Crippen molar-refractivity contribution >= 4 is 39.1 Å². The first kappa shape index (κ1) is 29.2. The van der Waals surface area contributed by atoms with Crippen LogP contribution in [0.4, 0.5) is 5.69 Å². The lowest BCUT2D eigenvalue weighted by Gasteiger charge is -2.32. The standard InChI is InChI=1S/C29H32ClN3O6S/c1-20(2)31-29(35)21(3)32(18-22-9-11-23(30)12-10-22)28(34)19-33(40(36,37)25-7-5-4-6-8-25)24-13-14-26-27(17-24)39-16-15-38-26/h4-14,17,20-21H,15-16,18-19H2,1-3H3,(H,31,35). The number of halogens is 1. The fraction of sp³-hybridized carbons (Fsp3) is 0.310. The van der Waals surface area contributed by atoms with Crippen LogP contribution in [0.2, 0.25) is 5.02 Å². The van der Waals surface area contributed by atoms with Gasteiger partial charge in [-0.15, -0.1) is 0 Å². The average Bonchev–Trinajstić information content (AvgIpc) is 2.95. The summed E-state index contributed by atoms with van der Waals surface area (Å²) in [6, 6.07) is 18.5. The van der Waals surface area contributed by atoms with Crippen LogP contribution >= 0.6 is 11.6 Å². The molecule has 1 atom stereocenters. The molecule has 40 heavy (non-hydrogen) atoms. The van der Waals surface area contributed by atoms with Crippen molar-refractivity contribution < 1.29 is 27.5 Å². The normalized spacial score (nSPS) is 13.4. The van der Waals surface area contributed by atoms with Crippen LogP contribution in [0, 0.1) is 0 Å². The summed E-state index contributed by atoms with van der Waals surface area (Å²) in [6.07, 6.45) is 0. The number of hydrogen-bond acceptors (Lipinski definition) is 6. The van der Waals surface area contributed by atoms with Crippen LogP contribution in [0.15, 0.2) is 77.7 Å². The maximum atomic E-state index is 14.0. The molecule has 2 amide bonds. The van der Waals surface area contributed by atoms with E-state index in [4.69, 9.17) is 21.1 Å². The van der Waals surface area contributed by atoms with Crippen LogP contribution in [-0.2, 0) is 26.2 Å². The minimum Gasteiger partial charge on any atom is -0.486 e. The van der Waals surface area contributed by atoms with Gasteiger partial charge in [0.15, 0.2) is 11.5 Å². The number of sulfonamides is 1. The molecule has 0 aliphatic carbocycles. The third-order valence-electron chi connectivity index (χ3n) is 6.29. The molecule has 0 radical (unpaired) electrons. The highest BCUT2D eigenvalue weighted by Crippen LogP contribution is 2.36. The molecular weight excluding hydrogens is 554 g/mol. The maximum Gasteiger partial charge on any atom is 0.264 e. The minimum absolute atomic E-state index is 0.0209. The summed E-state index contributed by atoms with van der Waals surface area (Å²) in [5.41, 5.74) is 0.964. The van der Waals surface area contributed by atoms with Crippen molar-refractivity contribution in [2.75, 3.05) is 24.1 Å². The zero-order valence-electron chi connectivity index (χ0n) is 22.5. The molecule has 212 valence electrons. The third kappa shape index (κ3) is 6.86. The van der Waals surface area contributed by atoms with E-state index in [2.05, 4.69) is 5.32 Å². The zero-order valence-corrected chi connectivity index (χ0v) is 24.1. The minimum atomic E-state index is -4.18. The van der Waals surface area contributed by atoms with E-state index in [9.17, 15) is 18.0 Å². The first-order valence-electron chi connectivity index (χ1n) is 12.9. The van der Waals surface area contributed by atoms with Crippen LogP contribution in [0.1, 0.15) is 26.3 Å². The SMILES string of the molecule is CC(C)NC(=O)C(C)N(Cc1ccc(Cl)cc1)C(=O)CN(c1ccc2c(c1)OCCO2)S(=O)(=O)c1ccccc1. The maximum absolute atomic E-state index is 14.0. The van der Waals surface area contributed by atoms with Crippen LogP contribution in [0.3, 0.4) is 0 Å². The summed E-state index contributed by atoms with van der Waals surface area (Å²) in [4.78, 5) is 28.3. The number of nitrogens with zero attached hydrogens (tertiary/aromatic N) is 2. The lowest BCUT2D eigenvalue weighted by molar-refractivity contribution is -0.139. The van der Waals surface area contributed by atoms with Gasteiger partial charge in [0.1, 0.15) is 25.8 Å². The Morgan fingerprint density at radius 2 is 1.57 bits per heavy atom. The van der Waals surface area contributed by atoms with Crippen molar-refractivity contribution in [2.24, 2.45) is 0 Å². The van der Waals surface area contributed by atoms with Gasteiger partial charge in [0, 0.05) is 23.7 Å². The lowest BCUT2D eigenvalue weighted by Crippen LogP contribution is -2.52. The van der Waals surface area contributed by atoms with Crippen molar-refractivity contribution in [3.63, 3.8) is 0 Å². The highest BCUT2D eigenvalue weighted by molar-refractivity contribution is 7.92. The number of carbonyl (C=O) groups excluding carboxylic acids is 2. The molecule has 1 unspecified atom stereocenters. The summed E-state index contributed by atoms with van der Waals surface area (Å²) in [6.45, 7) is 5.49. The first-order chi connectivity index (χ1) is 19.1. The van der Waals surface area contributed by atoms with E-state index in [1.165, 1.54) is 17.0 Å². The second kappa shape index (κ2) is 12.6. The molecule has 0 fully saturated rings. The number of fused-ring (bicyclic) bond motifs is 1. The second-order valence-electron chi connectivity index (χ2n) is 9.64. The van der Waals surface area contributed by atoms with E-state index in [0.717, 1.165) is 9.87 Å². The Bertz CT molecular complexity index is 1450. The number of carbonyl (C=O) groups is 2. The van der Waals surface area contributed by atoms with Crippen molar-refractivity contribution in [3.8, 4) is 11.5 Å². The molecule has 0 saturated heterocycles. The summed E-state index contributed by atoms with van der Waals surface area (Å²) in [5, 5.41) is 3.37. The number of hydrogen-bond donors (Lipinski definition) is 1. The van der Waals surface area contributed by atoms with Gasteiger partial charge in [-0.2, -0.15) is 0 Å². The van der Waals surface area contributed by atoms with Gasteiger partial charge in [-0.05, 0) is 62.7 Å². The van der Waals surface area contributed by atoms with E-state index in [-0.39, 0.29) is 29.1 Å². The summed E-state index contributed by atoms with van der Waals surface area (Å²) >= 11 is 6.04. The number of rotatable bonds is 10. The third-order valence-corrected chi connectivity index (χ3v) is 8.33. The van der Waals surface area contributed by atoms with Crippen LogP contribution < -0.4 is 19.1 Å². The Morgan fingerprint density at radius 1 is 0.925 bits per heavy atom. The topological polar surface area (TPSA) is 105 Å². The zero-order chi connectivity index (χ0) is 28.9. The van der Waals surface area contributed by atoms with E-state index in [1.807, 2.05) is 13.8 Å². The molecule has 1 heterocycles. The Morgan fingerprint density at radius 3 is 2.23 bits per heavy atom. The molecule has 0 saturated carbocycles. The summed E-state index contributed by atoms with van der Waals surface area (Å²) in [5.74, 6) is -0.0428. The van der Waals surface area contributed by atoms with E-state index in [1.54, 1.807) is 67.6 Å². The Labute approximate surface area is 239 Å². The lowest BCUT2D eigenvalue weighted by atomic mass is 10.1. The second-order valence-corrected chi connectivity index (χ2v) is 11.9. The molecule has 0 aromatic heterocycles. The van der Waals surface area contributed by atoms with Gasteiger partial charge in [-0.25, -0.2) is 8.42 Å². The smallest absolute Gasteiger partial charge is 0.264 e. The number of amides is 2. The van der Waals surface area contributed by atoms with Gasteiger partial charge in [0.25, 0.3) is 10.0 Å². The monoisotopic (exact) mass is 585 g/mol. The van der Waals surface area contributed by atoms with Crippen molar-refractivity contribution in [3.05, 3.63) is 83.4 Å². The highest BCUT2D eigenvalue weighted by atomic mass is 35.5. The predicted molar refractivity (Wildman–Crippen MR) is 153 cm³/mol. The van der Waals surface area contributed by atoms with Gasteiger partial charge in [-0.1, -0.05) is 41.9 Å². The summed E-state index contributed by atoms with van der Waals surface area (Å²) in [7, 11) is -4.18. The van der Waals surface area contributed by atoms with E-state index in [0.29, 0.717) is 29.7 Å². The molecule has 0 spiro atoms. The molecule has 11 heteroatoms. The highest BCUT2D eigenvalue weighted by Gasteiger charge is 2.33. The molecular formula is C29H32ClN3O6S. The quantitative estimate of drug-likeness (QED) is 0.381. The van der Waals surface area contributed by atoms with E-state index < -0.39 is 28.5 Å². The molecule has 1 N–H and O–H groups in total. The molecule has 9 nitrogen and oxygen atoms in total. The van der Waals surface area contributed by atoms with Gasteiger partial charge in [0.2, 0.25) is 11.8 Å². The number of ether oxygens (including phenoxy) is 2. The number of nitrogens with one attached hydrogen (secondary N) is 1. The largest absolute Gasteiger partial charge is 0.486 e. The van der Waals surface area contributed by atoms with Crippen molar-refractivity contribution in [2.45, 2.75) is 44.3 Å². The van der Waals surface area contributed by atoms with Gasteiger partial charge < -0.3 is 19.7 Å². The van der Waals surface area contributed by atoms with Crippen molar-refractivity contribution in [1.29, 1.82) is 0 Å². The van der Waals surface area contributed by atoms with Gasteiger partial charge in [-0.3, -0.25) is 13.9 Å². The van der Waals surface area contributed by atoms with Gasteiger partial charge in [0.05, 0.1) is 10.6 Å². The average molecular weight is 586 g/mol. The predicted octanol–water partition coefficient (Wildman–Crippen LogP) is 4.25. The molecule has 1 aliphatic rings. The van der Waals surface area contributed by atoms with Crippen LogP contribution in [0.25, 0.3) is 0 Å². The van der Waals surface area contributed by atoms with Crippen LogP contribution in [0.5, 0.6) is 11.5 Å². The van der Waals surface area contributed by atoms with Crippen LogP contribution in [-0.4, -0.2) is 57.0 Å². The fourth-order valence-electron chi connectivity index (χ4n) is 4.21. The molecule has 0 bridgehead atoms. The fourth-order valence-corrected chi connectivity index (χ4v) is 5.76. The number of anilines is 1. The molecule has 4 rings (SSSR count). The number of benzene rings is 3. The molecule has 3 aromatic rings. The Hall–Kier alpha value is -3.76. The first-order valence-corrected chi connectivity index (χ1v) is 14.7. The molecule has 1 aliphatic heterocycles. The summed E-state index contributed by atoms with van der Waals surface area (Å²) < 4.78 is 40.1. The Kier molecular flexibility index (Phi) is 9.21. The van der Waals surface area contributed by atoms with Crippen molar-refractivity contribution in [1.82, 2.24) is 10.2 Å². The van der Waals surface area contributed by atoms with E-state index >= 15 is 0 Å². The molecule has 3 aromatic carbocycles. The van der Waals surface area contributed by atoms with Gasteiger partial charge >= 0.3 is 0 Å². The Balaban J connectivity index is 1.73.